The Kier molecular flexibility index (Phi) is 4.56. The third-order valence-electron chi connectivity index (χ3n) is 3.13. The van der Waals surface area contributed by atoms with E-state index in [4.69, 9.17) is 5.26 Å². The van der Waals surface area contributed by atoms with Crippen molar-refractivity contribution < 1.29 is 9.59 Å². The fraction of sp³-hybridized carbons (Fsp3) is 0.357. The Morgan fingerprint density at radius 2 is 1.85 bits per heavy atom. The van der Waals surface area contributed by atoms with Crippen LogP contribution in [0.3, 0.4) is 0 Å². The number of benzene rings is 1. The molecule has 20 heavy (non-hydrogen) atoms. The quantitative estimate of drug-likeness (QED) is 0.869. The fourth-order valence-electron chi connectivity index (χ4n) is 2.04. The Morgan fingerprint density at radius 3 is 2.45 bits per heavy atom. The zero-order valence-corrected chi connectivity index (χ0v) is 11.1. The van der Waals surface area contributed by atoms with Gasteiger partial charge in [-0.25, -0.2) is 4.79 Å². The summed E-state index contributed by atoms with van der Waals surface area (Å²) >= 11 is 0. The van der Waals surface area contributed by atoms with Crippen molar-refractivity contribution in [3.63, 3.8) is 0 Å². The smallest absolute Gasteiger partial charge is 0.319 e. The number of nitrogens with one attached hydrogen (secondary N) is 2. The van der Waals surface area contributed by atoms with Crippen LogP contribution in [0.25, 0.3) is 0 Å². The van der Waals surface area contributed by atoms with Crippen LogP contribution in [0.5, 0.6) is 0 Å². The van der Waals surface area contributed by atoms with Crippen molar-refractivity contribution in [1.29, 1.82) is 5.26 Å². The van der Waals surface area contributed by atoms with E-state index in [0.717, 1.165) is 25.9 Å². The summed E-state index contributed by atoms with van der Waals surface area (Å²) in [6.45, 7) is 1.55. The van der Waals surface area contributed by atoms with Gasteiger partial charge in [-0.05, 0) is 37.1 Å². The average Bonchev–Trinajstić information content (AvgIpc) is 3.00. The topological polar surface area (TPSA) is 85.2 Å². The number of hydrogen-bond donors (Lipinski definition) is 2. The summed E-state index contributed by atoms with van der Waals surface area (Å²) in [5.74, 6) is -0.0579. The Hall–Kier alpha value is -2.55. The highest BCUT2D eigenvalue weighted by atomic mass is 16.2. The summed E-state index contributed by atoms with van der Waals surface area (Å²) in [5.41, 5.74) is 1.11. The van der Waals surface area contributed by atoms with Crippen LogP contribution in [0.1, 0.15) is 18.4 Å². The second-order valence-electron chi connectivity index (χ2n) is 4.58. The summed E-state index contributed by atoms with van der Waals surface area (Å²) < 4.78 is 0. The number of hydrogen-bond acceptors (Lipinski definition) is 3. The van der Waals surface area contributed by atoms with Crippen LogP contribution >= 0.6 is 0 Å². The average molecular weight is 272 g/mol. The first kappa shape index (κ1) is 13.9. The highest BCUT2D eigenvalue weighted by Crippen LogP contribution is 2.09. The largest absolute Gasteiger partial charge is 0.341 e. The van der Waals surface area contributed by atoms with Gasteiger partial charge in [0.2, 0.25) is 5.91 Å². The van der Waals surface area contributed by atoms with Gasteiger partial charge in [-0.15, -0.1) is 0 Å². The minimum atomic E-state index is -0.428. The molecule has 2 rings (SSSR count). The maximum absolute atomic E-state index is 11.7. The monoisotopic (exact) mass is 272 g/mol. The lowest BCUT2D eigenvalue weighted by atomic mass is 10.2. The molecule has 1 aliphatic heterocycles. The van der Waals surface area contributed by atoms with Crippen LogP contribution in [0.2, 0.25) is 0 Å². The number of amides is 3. The van der Waals surface area contributed by atoms with Gasteiger partial charge >= 0.3 is 6.03 Å². The first-order chi connectivity index (χ1) is 9.69. The predicted molar refractivity (Wildman–Crippen MR) is 74.0 cm³/mol. The molecule has 3 amide bonds. The molecule has 6 heteroatoms. The van der Waals surface area contributed by atoms with Gasteiger partial charge in [0, 0.05) is 18.8 Å². The third-order valence-corrected chi connectivity index (χ3v) is 3.13. The lowest BCUT2D eigenvalue weighted by Gasteiger charge is -2.15. The molecule has 104 valence electrons. The van der Waals surface area contributed by atoms with Gasteiger partial charge in [0.05, 0.1) is 18.2 Å². The molecule has 1 aromatic rings. The first-order valence-electron chi connectivity index (χ1n) is 6.52. The molecule has 1 aliphatic rings. The van der Waals surface area contributed by atoms with Gasteiger partial charge in [0.1, 0.15) is 0 Å². The van der Waals surface area contributed by atoms with E-state index in [1.165, 1.54) is 0 Å². The minimum Gasteiger partial charge on any atom is -0.341 e. The maximum atomic E-state index is 11.7. The molecular formula is C14H16N4O2. The van der Waals surface area contributed by atoms with Gasteiger partial charge in [-0.2, -0.15) is 5.26 Å². The van der Waals surface area contributed by atoms with Crippen molar-refractivity contribution in [1.82, 2.24) is 10.2 Å². The van der Waals surface area contributed by atoms with Crippen LogP contribution < -0.4 is 10.6 Å². The van der Waals surface area contributed by atoms with E-state index in [2.05, 4.69) is 10.6 Å². The summed E-state index contributed by atoms with van der Waals surface area (Å²) in [6, 6.07) is 8.08. The van der Waals surface area contributed by atoms with Crippen LogP contribution in [0.4, 0.5) is 10.5 Å². The fourth-order valence-corrected chi connectivity index (χ4v) is 2.04. The van der Waals surface area contributed by atoms with E-state index in [1.54, 1.807) is 29.2 Å². The lowest BCUT2D eigenvalue weighted by molar-refractivity contribution is -0.128. The van der Waals surface area contributed by atoms with Gasteiger partial charge < -0.3 is 15.5 Å². The highest BCUT2D eigenvalue weighted by molar-refractivity contribution is 5.92. The van der Waals surface area contributed by atoms with E-state index >= 15 is 0 Å². The van der Waals surface area contributed by atoms with E-state index in [0.29, 0.717) is 11.3 Å². The number of urea groups is 1. The molecule has 0 aromatic heterocycles. The van der Waals surface area contributed by atoms with E-state index < -0.39 is 6.03 Å². The summed E-state index contributed by atoms with van der Waals surface area (Å²) in [4.78, 5) is 25.1. The number of anilines is 1. The molecule has 0 spiro atoms. The molecule has 0 saturated carbocycles. The number of nitrogens with zero attached hydrogens (tertiary/aromatic N) is 2. The van der Waals surface area contributed by atoms with Crippen LogP contribution in [0.15, 0.2) is 24.3 Å². The van der Waals surface area contributed by atoms with Crippen molar-refractivity contribution in [3.8, 4) is 6.07 Å². The molecule has 0 radical (unpaired) electrons. The Labute approximate surface area is 117 Å². The second kappa shape index (κ2) is 6.57. The van der Waals surface area contributed by atoms with Gasteiger partial charge in [0.25, 0.3) is 0 Å². The Morgan fingerprint density at radius 1 is 1.20 bits per heavy atom. The van der Waals surface area contributed by atoms with Crippen molar-refractivity contribution in [2.45, 2.75) is 12.8 Å². The SMILES string of the molecule is N#Cc1ccc(NC(=O)NCC(=O)N2CCCC2)cc1. The Balaban J connectivity index is 1.77. The third kappa shape index (κ3) is 3.72. The Bertz CT molecular complexity index is 527. The standard InChI is InChI=1S/C14H16N4O2/c15-9-11-3-5-12(6-4-11)17-14(20)16-10-13(19)18-7-1-2-8-18/h3-6H,1-2,7-8,10H2,(H2,16,17,20). The number of rotatable bonds is 3. The van der Waals surface area contributed by atoms with E-state index in [-0.39, 0.29) is 12.5 Å². The summed E-state index contributed by atoms with van der Waals surface area (Å²) in [6.07, 6.45) is 2.06. The van der Waals surface area contributed by atoms with Crippen molar-refractivity contribution in [3.05, 3.63) is 29.8 Å². The van der Waals surface area contributed by atoms with Crippen molar-refractivity contribution >= 4 is 17.6 Å². The highest BCUT2D eigenvalue weighted by Gasteiger charge is 2.17. The molecule has 1 fully saturated rings. The molecule has 1 saturated heterocycles. The molecule has 1 aromatic carbocycles. The maximum Gasteiger partial charge on any atom is 0.319 e. The molecular weight excluding hydrogens is 256 g/mol. The first-order valence-corrected chi connectivity index (χ1v) is 6.52. The number of likely N-dealkylation sites (tertiary alicyclic amines) is 1. The summed E-state index contributed by atoms with van der Waals surface area (Å²) in [7, 11) is 0. The lowest BCUT2D eigenvalue weighted by Crippen LogP contribution is -2.40. The zero-order valence-electron chi connectivity index (χ0n) is 11.1. The summed E-state index contributed by atoms with van der Waals surface area (Å²) in [5, 5.41) is 13.8. The van der Waals surface area contributed by atoms with Gasteiger partial charge in [0.15, 0.2) is 0 Å². The normalized spacial score (nSPS) is 13.7. The van der Waals surface area contributed by atoms with Gasteiger partial charge in [-0.3, -0.25) is 4.79 Å². The van der Waals surface area contributed by atoms with Crippen LogP contribution in [0, 0.1) is 11.3 Å². The van der Waals surface area contributed by atoms with Crippen molar-refractivity contribution in [2.24, 2.45) is 0 Å². The molecule has 1 heterocycles. The van der Waals surface area contributed by atoms with E-state index in [1.807, 2.05) is 6.07 Å². The number of carbonyl (C=O) groups is 2. The van der Waals surface area contributed by atoms with Crippen LogP contribution in [-0.2, 0) is 4.79 Å². The predicted octanol–water partition coefficient (Wildman–Crippen LogP) is 1.30. The number of nitriles is 1. The van der Waals surface area contributed by atoms with Gasteiger partial charge in [-0.1, -0.05) is 0 Å². The molecule has 0 unspecified atom stereocenters. The minimum absolute atomic E-state index is 0.00210. The molecule has 0 aliphatic carbocycles. The number of carbonyl (C=O) groups excluding carboxylic acids is 2. The van der Waals surface area contributed by atoms with Crippen molar-refractivity contribution in [2.75, 3.05) is 25.0 Å². The molecule has 6 nitrogen and oxygen atoms in total. The van der Waals surface area contributed by atoms with E-state index in [9.17, 15) is 9.59 Å². The molecule has 2 N–H and O–H groups in total. The zero-order chi connectivity index (χ0) is 14.4. The molecule has 0 bridgehead atoms. The molecule has 0 atom stereocenters. The van der Waals surface area contributed by atoms with Crippen LogP contribution in [-0.4, -0.2) is 36.5 Å². The second-order valence-corrected chi connectivity index (χ2v) is 4.58.